The van der Waals surface area contributed by atoms with Gasteiger partial charge in [-0.3, -0.25) is 4.79 Å². The van der Waals surface area contributed by atoms with E-state index in [9.17, 15) is 4.79 Å². The summed E-state index contributed by atoms with van der Waals surface area (Å²) in [6, 6.07) is -0.00407. The highest BCUT2D eigenvalue weighted by atomic mass is 32.2. The molecule has 0 aliphatic rings. The van der Waals surface area contributed by atoms with Gasteiger partial charge in [-0.15, -0.1) is 0 Å². The highest BCUT2D eigenvalue weighted by molar-refractivity contribution is 8.00. The van der Waals surface area contributed by atoms with Crippen LogP contribution in [0.15, 0.2) is 0 Å². The van der Waals surface area contributed by atoms with Gasteiger partial charge in [0, 0.05) is 11.2 Å². The molecule has 0 aliphatic heterocycles. The van der Waals surface area contributed by atoms with Gasteiger partial charge in [0.1, 0.15) is 0 Å². The molecule has 102 valence electrons. The molecule has 0 amide bonds. The van der Waals surface area contributed by atoms with Gasteiger partial charge in [-0.1, -0.05) is 26.7 Å². The maximum atomic E-state index is 12.2. The summed E-state index contributed by atoms with van der Waals surface area (Å²) >= 11 is 1.77. The fourth-order valence-corrected chi connectivity index (χ4v) is 2.23. The van der Waals surface area contributed by atoms with Crippen molar-refractivity contribution in [2.75, 3.05) is 12.8 Å². The molecule has 0 bridgehead atoms. The fourth-order valence-electron chi connectivity index (χ4n) is 1.78. The average molecular weight is 259 g/mol. The number of unbranched alkanes of at least 4 members (excludes halogenated alkanes) is 2. The van der Waals surface area contributed by atoms with Gasteiger partial charge >= 0.3 is 0 Å². The summed E-state index contributed by atoms with van der Waals surface area (Å²) in [6.45, 7) is 9.57. The molecule has 3 heteroatoms. The van der Waals surface area contributed by atoms with Gasteiger partial charge in [-0.2, -0.15) is 11.8 Å². The molecular formula is C14H29NOS. The van der Waals surface area contributed by atoms with E-state index in [1.165, 1.54) is 6.42 Å². The van der Waals surface area contributed by atoms with E-state index < -0.39 is 0 Å². The highest BCUT2D eigenvalue weighted by Gasteiger charge is 2.33. The molecule has 0 aromatic heterocycles. The zero-order valence-corrected chi connectivity index (χ0v) is 13.0. The van der Waals surface area contributed by atoms with E-state index in [0.29, 0.717) is 12.2 Å². The molecule has 0 rings (SSSR count). The molecule has 1 unspecified atom stereocenters. The number of hydrogen-bond acceptors (Lipinski definition) is 3. The van der Waals surface area contributed by atoms with Gasteiger partial charge in [0.15, 0.2) is 5.78 Å². The molecule has 17 heavy (non-hydrogen) atoms. The van der Waals surface area contributed by atoms with Crippen molar-refractivity contribution in [2.24, 2.45) is 0 Å². The number of carbonyl (C=O) groups excluding carboxylic acids is 1. The smallest absolute Gasteiger partial charge is 0.151 e. The van der Waals surface area contributed by atoms with Gasteiger partial charge in [0.25, 0.3) is 0 Å². The third-order valence-corrected chi connectivity index (χ3v) is 4.49. The molecule has 0 radical (unpaired) electrons. The number of hydrogen-bond donors (Lipinski definition) is 1. The molecule has 0 saturated heterocycles. The number of ketones is 1. The van der Waals surface area contributed by atoms with Crippen LogP contribution in [0.4, 0.5) is 0 Å². The molecule has 0 aromatic rings. The van der Waals surface area contributed by atoms with Crippen molar-refractivity contribution in [1.29, 1.82) is 0 Å². The number of thioether (sulfide) groups is 1. The van der Waals surface area contributed by atoms with E-state index in [4.69, 9.17) is 0 Å². The van der Waals surface area contributed by atoms with E-state index in [2.05, 4.69) is 39.3 Å². The fraction of sp³-hybridized carbons (Fsp3) is 0.929. The maximum Gasteiger partial charge on any atom is 0.151 e. The third-order valence-electron chi connectivity index (χ3n) is 3.20. The first-order valence-electron chi connectivity index (χ1n) is 6.80. The summed E-state index contributed by atoms with van der Waals surface area (Å²) < 4.78 is -0.0153. The SMILES string of the molecule is CCCCNC(C(=O)CCCC)C(C)(C)SC. The van der Waals surface area contributed by atoms with E-state index >= 15 is 0 Å². The Bertz CT molecular complexity index is 216. The van der Waals surface area contributed by atoms with Gasteiger partial charge in [-0.25, -0.2) is 0 Å². The molecule has 0 spiro atoms. The largest absolute Gasteiger partial charge is 0.306 e. The number of carbonyl (C=O) groups is 1. The van der Waals surface area contributed by atoms with Crippen LogP contribution in [0.1, 0.15) is 59.8 Å². The second-order valence-corrected chi connectivity index (χ2v) is 6.58. The summed E-state index contributed by atoms with van der Waals surface area (Å²) in [7, 11) is 0. The van der Waals surface area contributed by atoms with Crippen LogP contribution in [0, 0.1) is 0 Å². The molecule has 0 aliphatic carbocycles. The lowest BCUT2D eigenvalue weighted by molar-refractivity contribution is -0.121. The molecule has 0 heterocycles. The first-order chi connectivity index (χ1) is 7.99. The van der Waals surface area contributed by atoms with Crippen molar-refractivity contribution in [3.8, 4) is 0 Å². The van der Waals surface area contributed by atoms with Crippen LogP contribution in [0.5, 0.6) is 0 Å². The Morgan fingerprint density at radius 1 is 1.24 bits per heavy atom. The normalized spacial score (nSPS) is 13.7. The summed E-state index contributed by atoms with van der Waals surface area (Å²) in [5.41, 5.74) is 0. The van der Waals surface area contributed by atoms with Crippen molar-refractivity contribution in [1.82, 2.24) is 5.32 Å². The zero-order valence-electron chi connectivity index (χ0n) is 12.1. The van der Waals surface area contributed by atoms with Gasteiger partial charge in [-0.05, 0) is 39.5 Å². The minimum absolute atomic E-state index is 0.00407. The lowest BCUT2D eigenvalue weighted by atomic mass is 9.95. The number of rotatable bonds is 10. The van der Waals surface area contributed by atoms with Crippen LogP contribution < -0.4 is 5.32 Å². The Morgan fingerprint density at radius 2 is 1.82 bits per heavy atom. The zero-order chi connectivity index (χ0) is 13.3. The van der Waals surface area contributed by atoms with E-state index in [-0.39, 0.29) is 10.8 Å². The molecule has 1 atom stereocenters. The van der Waals surface area contributed by atoms with Crippen molar-refractivity contribution in [3.63, 3.8) is 0 Å². The van der Waals surface area contributed by atoms with Crippen molar-refractivity contribution in [3.05, 3.63) is 0 Å². The van der Waals surface area contributed by atoms with E-state index in [1.54, 1.807) is 11.8 Å². The maximum absolute atomic E-state index is 12.2. The highest BCUT2D eigenvalue weighted by Crippen LogP contribution is 2.27. The van der Waals surface area contributed by atoms with Crippen LogP contribution in [0.3, 0.4) is 0 Å². The summed E-state index contributed by atoms with van der Waals surface area (Å²) in [5, 5.41) is 3.45. The first-order valence-corrected chi connectivity index (χ1v) is 8.03. The van der Waals surface area contributed by atoms with Gasteiger partial charge in [0.2, 0.25) is 0 Å². The molecular weight excluding hydrogens is 230 g/mol. The summed E-state index contributed by atoms with van der Waals surface area (Å²) in [4.78, 5) is 12.2. The van der Waals surface area contributed by atoms with Gasteiger partial charge < -0.3 is 5.32 Å². The van der Waals surface area contributed by atoms with Crippen molar-refractivity contribution in [2.45, 2.75) is 70.6 Å². The lowest BCUT2D eigenvalue weighted by Gasteiger charge is -2.32. The Morgan fingerprint density at radius 3 is 2.29 bits per heavy atom. The Kier molecular flexibility index (Phi) is 8.97. The quantitative estimate of drug-likeness (QED) is 0.607. The van der Waals surface area contributed by atoms with Crippen LogP contribution in [-0.2, 0) is 4.79 Å². The second-order valence-electron chi connectivity index (χ2n) is 5.12. The average Bonchev–Trinajstić information content (AvgIpc) is 2.31. The minimum Gasteiger partial charge on any atom is -0.306 e. The van der Waals surface area contributed by atoms with E-state index in [0.717, 1.165) is 25.8 Å². The molecule has 0 aromatic carbocycles. The van der Waals surface area contributed by atoms with Crippen molar-refractivity contribution < 1.29 is 4.79 Å². The van der Waals surface area contributed by atoms with E-state index in [1.807, 2.05) is 0 Å². The topological polar surface area (TPSA) is 29.1 Å². The molecule has 0 saturated carbocycles. The minimum atomic E-state index is -0.0153. The number of nitrogens with one attached hydrogen (secondary N) is 1. The predicted octanol–water partition coefficient (Wildman–Crippen LogP) is 3.65. The predicted molar refractivity (Wildman–Crippen MR) is 78.8 cm³/mol. The van der Waals surface area contributed by atoms with Crippen LogP contribution in [0.25, 0.3) is 0 Å². The molecule has 2 nitrogen and oxygen atoms in total. The van der Waals surface area contributed by atoms with Crippen LogP contribution in [0.2, 0.25) is 0 Å². The van der Waals surface area contributed by atoms with Crippen LogP contribution in [-0.4, -0.2) is 29.4 Å². The monoisotopic (exact) mass is 259 g/mol. The first kappa shape index (κ1) is 17.0. The number of Topliss-reactive ketones (excluding diaryl/α,β-unsaturated/α-hetero) is 1. The second kappa shape index (κ2) is 8.98. The Balaban J connectivity index is 4.44. The van der Waals surface area contributed by atoms with Crippen LogP contribution >= 0.6 is 11.8 Å². The summed E-state index contributed by atoms with van der Waals surface area (Å²) in [5.74, 6) is 0.377. The third kappa shape index (κ3) is 6.46. The standard InChI is InChI=1S/C14H29NOS/c1-6-8-10-12(16)13(14(3,4)17-5)15-11-9-7-2/h13,15H,6-11H2,1-5H3. The molecule has 0 fully saturated rings. The Labute approximate surface area is 111 Å². The lowest BCUT2D eigenvalue weighted by Crippen LogP contribution is -2.50. The Hall–Kier alpha value is -0.0200. The molecule has 1 N–H and O–H groups in total. The van der Waals surface area contributed by atoms with Crippen molar-refractivity contribution >= 4 is 17.5 Å². The van der Waals surface area contributed by atoms with Gasteiger partial charge in [0.05, 0.1) is 6.04 Å². The summed E-state index contributed by atoms with van der Waals surface area (Å²) in [6.07, 6.45) is 7.21.